The third-order valence-corrected chi connectivity index (χ3v) is 2.27. The number of anilines is 1. The highest BCUT2D eigenvalue weighted by atomic mass is 19.4. The summed E-state index contributed by atoms with van der Waals surface area (Å²) in [6, 6.07) is 1.81. The van der Waals surface area contributed by atoms with Crippen LogP contribution in [-0.2, 0) is 18.8 Å². The van der Waals surface area contributed by atoms with Gasteiger partial charge in [0.25, 0.3) is 0 Å². The Morgan fingerprint density at radius 3 is 1.76 bits per heavy atom. The predicted molar refractivity (Wildman–Crippen MR) is 50.2 cm³/mol. The lowest BCUT2D eigenvalue weighted by Crippen LogP contribution is -2.20. The van der Waals surface area contributed by atoms with E-state index in [4.69, 9.17) is 5.73 Å². The zero-order valence-corrected chi connectivity index (χ0v) is 8.71. The van der Waals surface area contributed by atoms with Gasteiger partial charge in [-0.3, -0.25) is 0 Å². The SMILES string of the molecule is CCc1ccc(N)c(C(F)(F)F)c1C(F)(F)F. The molecule has 0 fully saturated rings. The van der Waals surface area contributed by atoms with Crippen LogP contribution < -0.4 is 5.73 Å². The van der Waals surface area contributed by atoms with Crippen molar-refractivity contribution in [2.24, 2.45) is 0 Å². The lowest BCUT2D eigenvalue weighted by molar-refractivity contribution is -0.162. The molecule has 0 bridgehead atoms. The minimum absolute atomic E-state index is 0.155. The Kier molecular flexibility index (Phi) is 3.31. The molecular weight excluding hydrogens is 248 g/mol. The van der Waals surface area contributed by atoms with Crippen LogP contribution in [0.25, 0.3) is 0 Å². The van der Waals surface area contributed by atoms with Crippen molar-refractivity contribution >= 4 is 5.69 Å². The van der Waals surface area contributed by atoms with Gasteiger partial charge in [-0.2, -0.15) is 26.3 Å². The number of hydrogen-bond acceptors (Lipinski definition) is 1. The summed E-state index contributed by atoms with van der Waals surface area (Å²) >= 11 is 0. The summed E-state index contributed by atoms with van der Waals surface area (Å²) in [6.45, 7) is 1.35. The summed E-state index contributed by atoms with van der Waals surface area (Å²) in [6.07, 6.45) is -10.4. The Balaban J connectivity index is 3.67. The largest absolute Gasteiger partial charge is 0.418 e. The number of nitrogens with two attached hydrogens (primary N) is 1. The fourth-order valence-corrected chi connectivity index (χ4v) is 1.59. The second-order valence-corrected chi connectivity index (χ2v) is 3.41. The van der Waals surface area contributed by atoms with Crippen molar-refractivity contribution in [1.29, 1.82) is 0 Å². The van der Waals surface area contributed by atoms with Gasteiger partial charge in [0.15, 0.2) is 0 Å². The number of hydrogen-bond donors (Lipinski definition) is 1. The fourth-order valence-electron chi connectivity index (χ4n) is 1.59. The highest BCUT2D eigenvalue weighted by Gasteiger charge is 2.45. The molecule has 2 N–H and O–H groups in total. The predicted octanol–water partition coefficient (Wildman–Crippen LogP) is 3.87. The van der Waals surface area contributed by atoms with Crippen molar-refractivity contribution in [1.82, 2.24) is 0 Å². The molecule has 0 spiro atoms. The maximum absolute atomic E-state index is 12.7. The van der Waals surface area contributed by atoms with Crippen LogP contribution in [0.5, 0.6) is 0 Å². The van der Waals surface area contributed by atoms with E-state index in [9.17, 15) is 26.3 Å². The Hall–Kier alpha value is -1.40. The first kappa shape index (κ1) is 13.7. The summed E-state index contributed by atoms with van der Waals surface area (Å²) < 4.78 is 75.7. The molecule has 0 atom stereocenters. The van der Waals surface area contributed by atoms with E-state index in [1.165, 1.54) is 6.92 Å². The van der Waals surface area contributed by atoms with E-state index in [0.29, 0.717) is 0 Å². The van der Waals surface area contributed by atoms with E-state index in [2.05, 4.69) is 0 Å². The molecule has 1 rings (SSSR count). The van der Waals surface area contributed by atoms with Gasteiger partial charge in [-0.15, -0.1) is 0 Å². The Bertz CT molecular complexity index is 418. The Labute approximate surface area is 93.2 Å². The first-order chi connectivity index (χ1) is 7.59. The van der Waals surface area contributed by atoms with Crippen molar-refractivity contribution in [2.75, 3.05) is 5.73 Å². The summed E-state index contributed by atoms with van der Waals surface area (Å²) in [5.74, 6) is 0. The molecule has 0 unspecified atom stereocenters. The maximum Gasteiger partial charge on any atom is 0.418 e. The molecule has 0 aliphatic heterocycles. The molecule has 1 nitrogen and oxygen atoms in total. The first-order valence-corrected chi connectivity index (χ1v) is 4.64. The van der Waals surface area contributed by atoms with E-state index < -0.39 is 34.7 Å². The molecule has 0 aliphatic rings. The molecule has 0 saturated carbocycles. The smallest absolute Gasteiger partial charge is 0.398 e. The van der Waals surface area contributed by atoms with E-state index in [0.717, 1.165) is 12.1 Å². The highest BCUT2D eigenvalue weighted by molar-refractivity contribution is 5.56. The van der Waals surface area contributed by atoms with Gasteiger partial charge in [0.1, 0.15) is 0 Å². The Morgan fingerprint density at radius 2 is 1.41 bits per heavy atom. The van der Waals surface area contributed by atoms with Crippen molar-refractivity contribution in [3.05, 3.63) is 28.8 Å². The molecule has 0 saturated heterocycles. The van der Waals surface area contributed by atoms with Gasteiger partial charge in [0, 0.05) is 5.69 Å². The second kappa shape index (κ2) is 4.12. The number of benzene rings is 1. The monoisotopic (exact) mass is 257 g/mol. The number of rotatable bonds is 1. The number of nitrogen functional groups attached to an aromatic ring is 1. The molecule has 0 aliphatic carbocycles. The summed E-state index contributed by atoms with van der Waals surface area (Å²) in [7, 11) is 0. The quantitative estimate of drug-likeness (QED) is 0.599. The Morgan fingerprint density at radius 1 is 0.941 bits per heavy atom. The standard InChI is InChI=1S/C10H9F6N/c1-2-5-3-4-6(17)8(10(14,15)16)7(5)9(11,12)13/h3-4H,2,17H2,1H3. The molecule has 17 heavy (non-hydrogen) atoms. The van der Waals surface area contributed by atoms with Gasteiger partial charge in [-0.05, 0) is 18.1 Å². The van der Waals surface area contributed by atoms with Crippen LogP contribution in [0, 0.1) is 0 Å². The highest BCUT2D eigenvalue weighted by Crippen LogP contribution is 2.44. The van der Waals surface area contributed by atoms with Gasteiger partial charge < -0.3 is 5.73 Å². The van der Waals surface area contributed by atoms with E-state index in [1.54, 1.807) is 0 Å². The topological polar surface area (TPSA) is 26.0 Å². The molecule has 1 aromatic rings. The van der Waals surface area contributed by atoms with E-state index >= 15 is 0 Å². The maximum atomic E-state index is 12.7. The van der Waals surface area contributed by atoms with E-state index in [-0.39, 0.29) is 6.42 Å². The normalized spacial score (nSPS) is 12.9. The molecule has 7 heteroatoms. The van der Waals surface area contributed by atoms with Gasteiger partial charge in [0.2, 0.25) is 0 Å². The average Bonchev–Trinajstić information content (AvgIpc) is 2.13. The van der Waals surface area contributed by atoms with Crippen LogP contribution in [0.15, 0.2) is 12.1 Å². The fraction of sp³-hybridized carbons (Fsp3) is 0.400. The van der Waals surface area contributed by atoms with Gasteiger partial charge in [0.05, 0.1) is 11.1 Å². The van der Waals surface area contributed by atoms with Crippen molar-refractivity contribution in [3.8, 4) is 0 Å². The van der Waals surface area contributed by atoms with Gasteiger partial charge in [-0.1, -0.05) is 13.0 Å². The molecule has 0 amide bonds. The minimum atomic E-state index is -5.12. The van der Waals surface area contributed by atoms with Crippen molar-refractivity contribution in [2.45, 2.75) is 25.7 Å². The average molecular weight is 257 g/mol. The summed E-state index contributed by atoms with van der Waals surface area (Å²) in [5, 5.41) is 0. The van der Waals surface area contributed by atoms with Crippen LogP contribution in [-0.4, -0.2) is 0 Å². The third-order valence-electron chi connectivity index (χ3n) is 2.27. The minimum Gasteiger partial charge on any atom is -0.398 e. The molecular formula is C10H9F6N. The van der Waals surface area contributed by atoms with E-state index in [1.807, 2.05) is 0 Å². The van der Waals surface area contributed by atoms with Crippen molar-refractivity contribution in [3.63, 3.8) is 0 Å². The summed E-state index contributed by atoms with van der Waals surface area (Å²) in [5.41, 5.74) is 0.186. The second-order valence-electron chi connectivity index (χ2n) is 3.41. The van der Waals surface area contributed by atoms with Crippen LogP contribution in [0.4, 0.5) is 32.0 Å². The molecule has 0 radical (unpaired) electrons. The van der Waals surface area contributed by atoms with Crippen LogP contribution in [0.1, 0.15) is 23.6 Å². The molecule has 96 valence electrons. The third kappa shape index (κ3) is 2.65. The zero-order valence-electron chi connectivity index (χ0n) is 8.71. The van der Waals surface area contributed by atoms with Crippen LogP contribution in [0.3, 0.4) is 0 Å². The lowest BCUT2D eigenvalue weighted by Gasteiger charge is -2.20. The van der Waals surface area contributed by atoms with Crippen LogP contribution in [0.2, 0.25) is 0 Å². The van der Waals surface area contributed by atoms with Gasteiger partial charge >= 0.3 is 12.4 Å². The molecule has 0 heterocycles. The molecule has 0 aromatic heterocycles. The number of alkyl halides is 6. The number of halogens is 6. The first-order valence-electron chi connectivity index (χ1n) is 4.64. The van der Waals surface area contributed by atoms with Crippen LogP contribution >= 0.6 is 0 Å². The molecule has 1 aromatic carbocycles. The number of aryl methyl sites for hydroxylation is 1. The lowest BCUT2D eigenvalue weighted by atomic mass is 9.96. The zero-order chi connectivity index (χ0) is 13.4. The summed E-state index contributed by atoms with van der Waals surface area (Å²) in [4.78, 5) is 0. The van der Waals surface area contributed by atoms with Crippen molar-refractivity contribution < 1.29 is 26.3 Å². The van der Waals surface area contributed by atoms with Gasteiger partial charge in [-0.25, -0.2) is 0 Å².